The summed E-state index contributed by atoms with van der Waals surface area (Å²) in [5.41, 5.74) is -0.478. The van der Waals surface area contributed by atoms with Crippen LogP contribution in [0, 0.1) is 5.92 Å². The van der Waals surface area contributed by atoms with Gasteiger partial charge >= 0.3 is 5.97 Å². The van der Waals surface area contributed by atoms with Gasteiger partial charge in [-0.1, -0.05) is 12.1 Å². The summed E-state index contributed by atoms with van der Waals surface area (Å²) in [7, 11) is 1.27. The normalized spacial score (nSPS) is 26.3. The molecule has 1 aliphatic carbocycles. The topological polar surface area (TPSA) is 101 Å². The largest absolute Gasteiger partial charge is 0.512 e. The molecule has 0 heterocycles. The number of ether oxygens (including phenoxy) is 1. The van der Waals surface area contributed by atoms with Gasteiger partial charge in [0, 0.05) is 17.9 Å². The van der Waals surface area contributed by atoms with Crippen LogP contribution in [0.4, 0.5) is 0 Å². The summed E-state index contributed by atoms with van der Waals surface area (Å²) in [5.74, 6) is -3.02. The number of ketones is 2. The van der Waals surface area contributed by atoms with Gasteiger partial charge in [0.25, 0.3) is 0 Å². The zero-order valence-electron chi connectivity index (χ0n) is 14.7. The molecule has 6 nitrogen and oxygen atoms in total. The van der Waals surface area contributed by atoms with Crippen molar-refractivity contribution < 1.29 is 29.3 Å². The summed E-state index contributed by atoms with van der Waals surface area (Å²) in [4.78, 5) is 35.9. The Kier molecular flexibility index (Phi) is 5.13. The number of methoxy groups -OCH3 is 1. The van der Waals surface area contributed by atoms with Crippen molar-refractivity contribution in [2.75, 3.05) is 7.11 Å². The van der Waals surface area contributed by atoms with E-state index in [9.17, 15) is 24.6 Å². The van der Waals surface area contributed by atoms with Gasteiger partial charge in [0.1, 0.15) is 11.5 Å². The van der Waals surface area contributed by atoms with Crippen LogP contribution >= 0.6 is 0 Å². The molecule has 0 bridgehead atoms. The number of esters is 1. The van der Waals surface area contributed by atoms with Gasteiger partial charge in [-0.25, -0.2) is 4.79 Å². The van der Waals surface area contributed by atoms with Crippen molar-refractivity contribution in [3.63, 3.8) is 0 Å². The van der Waals surface area contributed by atoms with Crippen molar-refractivity contribution in [2.24, 2.45) is 5.92 Å². The molecular formula is C19H22O6. The predicted octanol–water partition coefficient (Wildman–Crippen LogP) is 2.32. The molecule has 1 aromatic rings. The second-order valence-electron chi connectivity index (χ2n) is 6.63. The first-order chi connectivity index (χ1) is 11.6. The third kappa shape index (κ3) is 3.49. The molecular weight excluding hydrogens is 324 g/mol. The number of aliphatic hydroxyl groups is 2. The van der Waals surface area contributed by atoms with E-state index in [0.717, 1.165) is 0 Å². The third-order valence-corrected chi connectivity index (χ3v) is 4.66. The number of benzene rings is 1. The standard InChI is InChI=1S/C19H22O6/c1-10(20)15-14(22)9-19(3,24)17(11(2)21)16(15)12-5-7-13(8-6-12)18(23)25-4/h5-8,16-17,22,24H,9H2,1-4H3/t16-,17+,19+/m1/s1. The van der Waals surface area contributed by atoms with Crippen LogP contribution in [0.1, 0.15) is 49.0 Å². The van der Waals surface area contributed by atoms with Gasteiger partial charge in [-0.05, 0) is 38.5 Å². The highest BCUT2D eigenvalue weighted by Gasteiger charge is 2.49. The summed E-state index contributed by atoms with van der Waals surface area (Å²) in [5, 5.41) is 21.0. The molecule has 3 atom stereocenters. The van der Waals surface area contributed by atoms with Gasteiger partial charge in [-0.3, -0.25) is 9.59 Å². The second kappa shape index (κ2) is 6.80. The number of carbonyl (C=O) groups is 3. The number of carbonyl (C=O) groups excluding carboxylic acids is 3. The van der Waals surface area contributed by atoms with E-state index in [1.807, 2.05) is 0 Å². The monoisotopic (exact) mass is 346 g/mol. The quantitative estimate of drug-likeness (QED) is 0.812. The predicted molar refractivity (Wildman–Crippen MR) is 90.3 cm³/mol. The lowest BCUT2D eigenvalue weighted by Gasteiger charge is -2.42. The van der Waals surface area contributed by atoms with E-state index in [4.69, 9.17) is 0 Å². The number of hydrogen-bond acceptors (Lipinski definition) is 6. The summed E-state index contributed by atoms with van der Waals surface area (Å²) < 4.78 is 4.65. The van der Waals surface area contributed by atoms with Gasteiger partial charge in [-0.2, -0.15) is 0 Å². The molecule has 6 heteroatoms. The van der Waals surface area contributed by atoms with Crippen molar-refractivity contribution in [2.45, 2.75) is 38.7 Å². The Morgan fingerprint density at radius 3 is 2.16 bits per heavy atom. The molecule has 0 aromatic heterocycles. The van der Waals surface area contributed by atoms with Crippen LogP contribution in [0.25, 0.3) is 0 Å². The SMILES string of the molecule is COC(=O)c1ccc([C@@H]2C(C(C)=O)=C(O)C[C@](C)(O)[C@H]2C(C)=O)cc1. The van der Waals surface area contributed by atoms with Crippen LogP contribution in [0.15, 0.2) is 35.6 Å². The van der Waals surface area contributed by atoms with Crippen LogP contribution in [0.3, 0.4) is 0 Å². The maximum absolute atomic E-state index is 12.2. The Morgan fingerprint density at radius 1 is 1.16 bits per heavy atom. The molecule has 1 aliphatic rings. The number of Topliss-reactive ketones (excluding diaryl/α,β-unsaturated/α-hetero) is 2. The van der Waals surface area contributed by atoms with Crippen molar-refractivity contribution in [1.82, 2.24) is 0 Å². The van der Waals surface area contributed by atoms with Gasteiger partial charge in [-0.15, -0.1) is 0 Å². The smallest absolute Gasteiger partial charge is 0.337 e. The van der Waals surface area contributed by atoms with Gasteiger partial charge < -0.3 is 14.9 Å². The molecule has 134 valence electrons. The maximum Gasteiger partial charge on any atom is 0.337 e. The minimum atomic E-state index is -1.49. The molecule has 0 fully saturated rings. The highest BCUT2D eigenvalue weighted by Crippen LogP contribution is 2.47. The average Bonchev–Trinajstić information content (AvgIpc) is 2.51. The zero-order valence-corrected chi connectivity index (χ0v) is 14.7. The average molecular weight is 346 g/mol. The summed E-state index contributed by atoms with van der Waals surface area (Å²) >= 11 is 0. The van der Waals surface area contributed by atoms with Gasteiger partial charge in [0.2, 0.25) is 0 Å². The number of allylic oxidation sites excluding steroid dienone is 1. The Balaban J connectivity index is 2.62. The van der Waals surface area contributed by atoms with E-state index >= 15 is 0 Å². The van der Waals surface area contributed by atoms with Gasteiger partial charge in [0.05, 0.1) is 24.2 Å². The number of rotatable bonds is 4. The maximum atomic E-state index is 12.2. The van der Waals surface area contributed by atoms with E-state index in [2.05, 4.69) is 4.74 Å². The second-order valence-corrected chi connectivity index (χ2v) is 6.63. The van der Waals surface area contributed by atoms with E-state index in [1.54, 1.807) is 12.1 Å². The fourth-order valence-corrected chi connectivity index (χ4v) is 3.65. The highest BCUT2D eigenvalue weighted by atomic mass is 16.5. The van der Waals surface area contributed by atoms with Crippen molar-refractivity contribution in [3.05, 3.63) is 46.7 Å². The summed E-state index contributed by atoms with van der Waals surface area (Å²) in [6.07, 6.45) is -0.164. The minimum absolute atomic E-state index is 0.123. The number of aliphatic hydroxyl groups excluding tert-OH is 1. The van der Waals surface area contributed by atoms with Crippen LogP contribution in [-0.4, -0.2) is 40.5 Å². The molecule has 0 unspecified atom stereocenters. The molecule has 2 rings (SSSR count). The molecule has 0 saturated heterocycles. The van der Waals surface area contributed by atoms with Crippen molar-refractivity contribution in [3.8, 4) is 0 Å². The fourth-order valence-electron chi connectivity index (χ4n) is 3.65. The minimum Gasteiger partial charge on any atom is -0.512 e. The van der Waals surface area contributed by atoms with Crippen molar-refractivity contribution in [1.29, 1.82) is 0 Å². The zero-order chi connectivity index (χ0) is 18.9. The lowest BCUT2D eigenvalue weighted by molar-refractivity contribution is -0.132. The summed E-state index contributed by atoms with van der Waals surface area (Å²) in [6.45, 7) is 4.15. The first-order valence-electron chi connectivity index (χ1n) is 7.94. The van der Waals surface area contributed by atoms with E-state index in [-0.39, 0.29) is 29.3 Å². The fraction of sp³-hybridized carbons (Fsp3) is 0.421. The molecule has 0 spiro atoms. The molecule has 0 aliphatic heterocycles. The summed E-state index contributed by atoms with van der Waals surface area (Å²) in [6, 6.07) is 6.25. The molecule has 0 radical (unpaired) electrons. The molecule has 25 heavy (non-hydrogen) atoms. The first-order valence-corrected chi connectivity index (χ1v) is 7.94. The van der Waals surface area contributed by atoms with Crippen LogP contribution < -0.4 is 0 Å². The lowest BCUT2D eigenvalue weighted by Crippen LogP contribution is -2.47. The highest BCUT2D eigenvalue weighted by molar-refractivity contribution is 5.98. The van der Waals surface area contributed by atoms with Gasteiger partial charge in [0.15, 0.2) is 5.78 Å². The molecule has 0 saturated carbocycles. The Hall–Kier alpha value is -2.47. The third-order valence-electron chi connectivity index (χ3n) is 4.66. The van der Waals surface area contributed by atoms with E-state index < -0.39 is 23.4 Å². The van der Waals surface area contributed by atoms with E-state index in [0.29, 0.717) is 11.1 Å². The van der Waals surface area contributed by atoms with Crippen LogP contribution in [-0.2, 0) is 14.3 Å². The Morgan fingerprint density at radius 2 is 1.72 bits per heavy atom. The molecule has 1 aromatic carbocycles. The molecule has 2 N–H and O–H groups in total. The Labute approximate surface area is 146 Å². The van der Waals surface area contributed by atoms with Crippen LogP contribution in [0.2, 0.25) is 0 Å². The lowest BCUT2D eigenvalue weighted by atomic mass is 9.64. The molecule has 0 amide bonds. The first kappa shape index (κ1) is 18.9. The number of hydrogen-bond donors (Lipinski definition) is 2. The van der Waals surface area contributed by atoms with Crippen molar-refractivity contribution >= 4 is 17.5 Å². The van der Waals surface area contributed by atoms with E-state index in [1.165, 1.54) is 40.0 Å². The van der Waals surface area contributed by atoms with Crippen LogP contribution in [0.5, 0.6) is 0 Å². The Bertz CT molecular complexity index is 742.